The lowest BCUT2D eigenvalue weighted by atomic mass is 10.1. The van der Waals surface area contributed by atoms with Crippen molar-refractivity contribution in [2.75, 3.05) is 18.4 Å². The van der Waals surface area contributed by atoms with Crippen LogP contribution in [0.5, 0.6) is 0 Å². The molecule has 0 unspecified atom stereocenters. The normalized spacial score (nSPS) is 15.3. The number of nitrogens with one attached hydrogen (secondary N) is 1. The number of pyridine rings is 1. The molecule has 3 aromatic heterocycles. The summed E-state index contributed by atoms with van der Waals surface area (Å²) in [6.45, 7) is 2.94. The topological polar surface area (TPSA) is 109 Å². The van der Waals surface area contributed by atoms with E-state index in [1.165, 1.54) is 11.2 Å². The first-order chi connectivity index (χ1) is 12.6. The number of hydrogen-bond donors (Lipinski definition) is 2. The Morgan fingerprint density at radius 3 is 2.81 bits per heavy atom. The maximum Gasteiger partial charge on any atom is 0.407 e. The molecule has 134 valence electrons. The molecule has 1 aliphatic heterocycles. The van der Waals surface area contributed by atoms with Crippen LogP contribution in [-0.2, 0) is 0 Å². The highest BCUT2D eigenvalue weighted by molar-refractivity contribution is 5.88. The molecule has 1 saturated heterocycles. The van der Waals surface area contributed by atoms with Crippen molar-refractivity contribution in [3.8, 4) is 0 Å². The van der Waals surface area contributed by atoms with Gasteiger partial charge in [-0.25, -0.2) is 19.4 Å². The number of likely N-dealkylation sites (tertiary alicyclic amines) is 1. The number of amides is 1. The van der Waals surface area contributed by atoms with Crippen LogP contribution in [0.2, 0.25) is 0 Å². The lowest BCUT2D eigenvalue weighted by Gasteiger charge is -2.30. The zero-order valence-electron chi connectivity index (χ0n) is 14.3. The molecule has 0 saturated carbocycles. The molecule has 0 aliphatic carbocycles. The van der Waals surface area contributed by atoms with E-state index in [1.807, 2.05) is 23.7 Å². The van der Waals surface area contributed by atoms with Gasteiger partial charge in [-0.15, -0.1) is 0 Å². The minimum atomic E-state index is -0.866. The number of anilines is 2. The van der Waals surface area contributed by atoms with E-state index in [0.717, 1.165) is 35.3 Å². The Balaban J connectivity index is 1.62. The quantitative estimate of drug-likeness (QED) is 0.745. The Labute approximate surface area is 149 Å². The second-order valence-electron chi connectivity index (χ2n) is 6.31. The van der Waals surface area contributed by atoms with Gasteiger partial charge < -0.3 is 15.3 Å². The van der Waals surface area contributed by atoms with E-state index in [4.69, 9.17) is 5.11 Å². The zero-order chi connectivity index (χ0) is 18.1. The molecule has 0 aromatic carbocycles. The fourth-order valence-corrected chi connectivity index (χ4v) is 3.27. The summed E-state index contributed by atoms with van der Waals surface area (Å²) in [7, 11) is 0. The van der Waals surface area contributed by atoms with Crippen molar-refractivity contribution in [1.29, 1.82) is 0 Å². The van der Waals surface area contributed by atoms with Crippen molar-refractivity contribution in [3.05, 3.63) is 36.5 Å². The van der Waals surface area contributed by atoms with Crippen LogP contribution in [0.4, 0.5) is 16.3 Å². The second-order valence-corrected chi connectivity index (χ2v) is 6.31. The molecular weight excluding hydrogens is 334 g/mol. The molecule has 1 amide bonds. The fourth-order valence-electron chi connectivity index (χ4n) is 3.27. The zero-order valence-corrected chi connectivity index (χ0v) is 14.3. The van der Waals surface area contributed by atoms with E-state index in [1.54, 1.807) is 12.4 Å². The van der Waals surface area contributed by atoms with E-state index in [9.17, 15) is 4.79 Å². The Bertz CT molecular complexity index is 947. The number of hydrogen-bond acceptors (Lipinski definition) is 6. The first-order valence-corrected chi connectivity index (χ1v) is 8.48. The highest BCUT2D eigenvalue weighted by Gasteiger charge is 2.25. The Morgan fingerprint density at radius 1 is 1.27 bits per heavy atom. The average molecular weight is 353 g/mol. The maximum atomic E-state index is 11.1. The Morgan fingerprint density at radius 2 is 2.08 bits per heavy atom. The molecule has 0 atom stereocenters. The van der Waals surface area contributed by atoms with Gasteiger partial charge in [0.1, 0.15) is 12.1 Å². The van der Waals surface area contributed by atoms with Crippen LogP contribution in [-0.4, -0.2) is 53.9 Å². The van der Waals surface area contributed by atoms with Crippen molar-refractivity contribution in [2.24, 2.45) is 0 Å². The smallest absolute Gasteiger partial charge is 0.407 e. The van der Waals surface area contributed by atoms with Crippen LogP contribution in [0.3, 0.4) is 0 Å². The number of fused-ring (bicyclic) bond motifs is 1. The lowest BCUT2D eigenvalue weighted by molar-refractivity contribution is 0.124. The number of carbonyl (C=O) groups is 1. The Kier molecular flexibility index (Phi) is 4.11. The third kappa shape index (κ3) is 2.92. The number of carboxylic acid groups (broad SMARTS) is 1. The highest BCUT2D eigenvalue weighted by atomic mass is 16.4. The number of aromatic nitrogens is 5. The number of nitrogens with zero attached hydrogens (tertiary/aromatic N) is 6. The van der Waals surface area contributed by atoms with Gasteiger partial charge in [-0.2, -0.15) is 5.10 Å². The van der Waals surface area contributed by atoms with Gasteiger partial charge in [0.25, 0.3) is 0 Å². The largest absolute Gasteiger partial charge is 0.465 e. The first kappa shape index (κ1) is 16.2. The summed E-state index contributed by atoms with van der Waals surface area (Å²) >= 11 is 0. The fraction of sp³-hybridized carbons (Fsp3) is 0.353. The molecular formula is C17H19N7O2. The number of piperidine rings is 1. The van der Waals surface area contributed by atoms with Crippen molar-refractivity contribution in [1.82, 2.24) is 29.6 Å². The minimum absolute atomic E-state index is 0.131. The summed E-state index contributed by atoms with van der Waals surface area (Å²) in [6, 6.07) is 3.95. The molecule has 1 fully saturated rings. The number of aryl methyl sites for hydroxylation is 1. The molecule has 0 bridgehead atoms. The summed E-state index contributed by atoms with van der Waals surface area (Å²) in [5, 5.41) is 17.7. The first-order valence-electron chi connectivity index (χ1n) is 8.48. The van der Waals surface area contributed by atoms with Gasteiger partial charge in [0.2, 0.25) is 0 Å². The van der Waals surface area contributed by atoms with E-state index in [-0.39, 0.29) is 6.04 Å². The summed E-state index contributed by atoms with van der Waals surface area (Å²) in [4.78, 5) is 25.5. The van der Waals surface area contributed by atoms with Gasteiger partial charge in [0.05, 0.1) is 29.0 Å². The molecule has 2 N–H and O–H groups in total. The maximum absolute atomic E-state index is 11.1. The van der Waals surface area contributed by atoms with Gasteiger partial charge in [0.15, 0.2) is 5.65 Å². The van der Waals surface area contributed by atoms with Crippen LogP contribution in [0.1, 0.15) is 24.6 Å². The molecule has 26 heavy (non-hydrogen) atoms. The highest BCUT2D eigenvalue weighted by Crippen LogP contribution is 2.29. The molecule has 1 aliphatic rings. The second kappa shape index (κ2) is 6.58. The predicted octanol–water partition coefficient (Wildman–Crippen LogP) is 2.59. The number of rotatable bonds is 3. The monoisotopic (exact) mass is 353 g/mol. The van der Waals surface area contributed by atoms with Crippen LogP contribution in [0, 0.1) is 6.92 Å². The predicted molar refractivity (Wildman–Crippen MR) is 95.4 cm³/mol. The van der Waals surface area contributed by atoms with E-state index in [2.05, 4.69) is 25.4 Å². The molecule has 4 rings (SSSR count). The third-order valence-corrected chi connectivity index (χ3v) is 4.73. The third-order valence-electron chi connectivity index (χ3n) is 4.73. The summed E-state index contributed by atoms with van der Waals surface area (Å²) in [5.41, 5.74) is 2.51. The van der Waals surface area contributed by atoms with Crippen molar-refractivity contribution in [2.45, 2.75) is 25.8 Å². The van der Waals surface area contributed by atoms with Crippen molar-refractivity contribution >= 4 is 28.6 Å². The summed E-state index contributed by atoms with van der Waals surface area (Å²) in [5.74, 6) is 0.681. The van der Waals surface area contributed by atoms with Crippen molar-refractivity contribution < 1.29 is 9.90 Å². The molecule has 0 spiro atoms. The van der Waals surface area contributed by atoms with Gasteiger partial charge in [-0.3, -0.25) is 4.98 Å². The van der Waals surface area contributed by atoms with Crippen LogP contribution < -0.4 is 5.32 Å². The van der Waals surface area contributed by atoms with E-state index < -0.39 is 6.09 Å². The standard InChI is InChI=1S/C17H19N7O2/c1-11-14(3-2-6-18-11)22-15-13-9-21-24(16(13)20-10-19-15)12-4-7-23(8-5-12)17(25)26/h2-3,6,9-10,12H,4-5,7-8H2,1H3,(H,25,26)(H,19,20,22). The van der Waals surface area contributed by atoms with Crippen LogP contribution in [0.15, 0.2) is 30.9 Å². The Hall–Kier alpha value is -3.23. The van der Waals surface area contributed by atoms with E-state index in [0.29, 0.717) is 18.9 Å². The van der Waals surface area contributed by atoms with Crippen LogP contribution in [0.25, 0.3) is 11.0 Å². The molecule has 9 heteroatoms. The SMILES string of the molecule is Cc1ncccc1Nc1ncnc2c1cnn2C1CCN(C(=O)O)CC1. The van der Waals surface area contributed by atoms with Gasteiger partial charge in [-0.1, -0.05) is 0 Å². The summed E-state index contributed by atoms with van der Waals surface area (Å²) < 4.78 is 1.89. The molecule has 9 nitrogen and oxygen atoms in total. The average Bonchev–Trinajstić information content (AvgIpc) is 3.09. The molecule has 0 radical (unpaired) electrons. The molecule has 4 heterocycles. The lowest BCUT2D eigenvalue weighted by Crippen LogP contribution is -2.38. The van der Waals surface area contributed by atoms with Gasteiger partial charge in [-0.05, 0) is 31.9 Å². The van der Waals surface area contributed by atoms with Crippen molar-refractivity contribution in [3.63, 3.8) is 0 Å². The van der Waals surface area contributed by atoms with E-state index >= 15 is 0 Å². The van der Waals surface area contributed by atoms with Gasteiger partial charge >= 0.3 is 6.09 Å². The summed E-state index contributed by atoms with van der Waals surface area (Å²) in [6.07, 6.45) is 5.59. The molecule has 3 aromatic rings. The van der Waals surface area contributed by atoms with Gasteiger partial charge in [0, 0.05) is 19.3 Å². The van der Waals surface area contributed by atoms with Crippen LogP contribution >= 0.6 is 0 Å². The minimum Gasteiger partial charge on any atom is -0.465 e.